The summed E-state index contributed by atoms with van der Waals surface area (Å²) < 4.78 is 0. The summed E-state index contributed by atoms with van der Waals surface area (Å²) in [6.45, 7) is 0. The topological polar surface area (TPSA) is 34.0 Å². The van der Waals surface area contributed by atoms with Gasteiger partial charge in [-0.1, -0.05) is 66.7 Å². The van der Waals surface area contributed by atoms with Crippen molar-refractivity contribution in [3.63, 3.8) is 0 Å². The Bertz CT molecular complexity index is 1600. The molecule has 0 amide bonds. The molecule has 0 spiro atoms. The number of fused-ring (bicyclic) bond motifs is 5. The highest BCUT2D eigenvalue weighted by molar-refractivity contribution is 6.03. The van der Waals surface area contributed by atoms with Crippen molar-refractivity contribution in [2.45, 2.75) is 6.42 Å². The molecule has 2 heterocycles. The molecule has 0 fully saturated rings. The zero-order valence-electron chi connectivity index (χ0n) is 17.9. The average Bonchev–Trinajstić information content (AvgIpc) is 3.32. The number of hydrogen-bond acceptors (Lipinski definition) is 3. The van der Waals surface area contributed by atoms with Crippen molar-refractivity contribution in [2.75, 3.05) is 4.90 Å². The number of nitrogens with zero attached hydrogens (tertiary/aromatic N) is 4. The van der Waals surface area contributed by atoms with Crippen molar-refractivity contribution in [2.24, 2.45) is 0 Å². The summed E-state index contributed by atoms with van der Waals surface area (Å²) in [5.41, 5.74) is 9.04. The van der Waals surface area contributed by atoms with E-state index < -0.39 is 0 Å². The summed E-state index contributed by atoms with van der Waals surface area (Å²) in [6.07, 6.45) is 0.957. The summed E-state index contributed by atoms with van der Waals surface area (Å²) in [7, 11) is 0. The summed E-state index contributed by atoms with van der Waals surface area (Å²) in [5.74, 6) is 0. The van der Waals surface area contributed by atoms with Gasteiger partial charge in [-0.3, -0.25) is 0 Å². The number of rotatable bonds is 2. The van der Waals surface area contributed by atoms with Crippen molar-refractivity contribution < 1.29 is 0 Å². The second-order valence-electron chi connectivity index (χ2n) is 8.43. The molecule has 5 aromatic carbocycles. The van der Waals surface area contributed by atoms with Gasteiger partial charge in [0.2, 0.25) is 0 Å². The first-order valence-electron chi connectivity index (χ1n) is 11.2. The van der Waals surface area contributed by atoms with Gasteiger partial charge in [-0.05, 0) is 59.0 Å². The van der Waals surface area contributed by atoms with Crippen LogP contribution in [0, 0.1) is 0 Å². The monoisotopic (exact) mass is 424 g/mol. The fraction of sp³-hybridized carbons (Fsp3) is 0.0345. The van der Waals surface area contributed by atoms with Gasteiger partial charge in [0.25, 0.3) is 0 Å². The molecular weight excluding hydrogens is 404 g/mol. The van der Waals surface area contributed by atoms with Crippen molar-refractivity contribution in [1.82, 2.24) is 15.0 Å². The van der Waals surface area contributed by atoms with E-state index in [9.17, 15) is 0 Å². The molecule has 0 radical (unpaired) electrons. The normalized spacial score (nSPS) is 12.7. The van der Waals surface area contributed by atoms with Gasteiger partial charge < -0.3 is 4.90 Å². The zero-order valence-corrected chi connectivity index (χ0v) is 17.9. The Morgan fingerprint density at radius 2 is 1.18 bits per heavy atom. The van der Waals surface area contributed by atoms with Crippen LogP contribution in [0.15, 0.2) is 109 Å². The van der Waals surface area contributed by atoms with Gasteiger partial charge in [0.05, 0.1) is 5.69 Å². The SMILES string of the molecule is c1ccc2c(c1)Cc1ccccc1N2c1ccc(-n2nc3ccc4ccccc4c3n2)cc1. The number of benzene rings is 5. The second kappa shape index (κ2) is 7.04. The molecule has 7 rings (SSSR count). The van der Waals surface area contributed by atoms with Crippen molar-refractivity contribution >= 4 is 38.9 Å². The van der Waals surface area contributed by atoms with E-state index in [-0.39, 0.29) is 0 Å². The molecule has 156 valence electrons. The average molecular weight is 425 g/mol. The Hall–Kier alpha value is -4.44. The van der Waals surface area contributed by atoms with Crippen LogP contribution in [0.5, 0.6) is 0 Å². The number of aromatic nitrogens is 3. The Kier molecular flexibility index (Phi) is 3.87. The van der Waals surface area contributed by atoms with E-state index in [0.29, 0.717) is 0 Å². The molecule has 6 aromatic rings. The Morgan fingerprint density at radius 3 is 1.94 bits per heavy atom. The maximum Gasteiger partial charge on any atom is 0.121 e. The maximum atomic E-state index is 4.82. The Morgan fingerprint density at radius 1 is 0.545 bits per heavy atom. The van der Waals surface area contributed by atoms with Crippen LogP contribution in [0.4, 0.5) is 17.1 Å². The minimum atomic E-state index is 0.900. The van der Waals surface area contributed by atoms with Gasteiger partial charge in [0.15, 0.2) is 0 Å². The van der Waals surface area contributed by atoms with Crippen LogP contribution >= 0.6 is 0 Å². The van der Waals surface area contributed by atoms with Crippen LogP contribution in [-0.4, -0.2) is 15.0 Å². The van der Waals surface area contributed by atoms with Gasteiger partial charge >= 0.3 is 0 Å². The van der Waals surface area contributed by atoms with Crippen molar-refractivity contribution in [3.8, 4) is 5.69 Å². The number of anilines is 3. The first-order valence-corrected chi connectivity index (χ1v) is 11.2. The van der Waals surface area contributed by atoms with Gasteiger partial charge in [-0.2, -0.15) is 4.80 Å². The largest absolute Gasteiger partial charge is 0.310 e. The van der Waals surface area contributed by atoms with Gasteiger partial charge in [0, 0.05) is 28.9 Å². The molecule has 4 heteroatoms. The number of hydrogen-bond donors (Lipinski definition) is 0. The molecule has 4 nitrogen and oxygen atoms in total. The van der Waals surface area contributed by atoms with Crippen LogP contribution in [0.1, 0.15) is 11.1 Å². The molecule has 0 saturated heterocycles. The predicted molar refractivity (Wildman–Crippen MR) is 134 cm³/mol. The van der Waals surface area contributed by atoms with E-state index in [1.165, 1.54) is 27.9 Å². The Labute approximate surface area is 191 Å². The molecule has 0 saturated carbocycles. The lowest BCUT2D eigenvalue weighted by molar-refractivity contribution is 0.766. The third kappa shape index (κ3) is 2.84. The van der Waals surface area contributed by atoms with Gasteiger partial charge in [0.1, 0.15) is 11.0 Å². The first-order chi connectivity index (χ1) is 16.3. The van der Waals surface area contributed by atoms with Gasteiger partial charge in [-0.15, -0.1) is 10.2 Å². The Balaban J connectivity index is 1.32. The van der Waals surface area contributed by atoms with Crippen LogP contribution in [0.3, 0.4) is 0 Å². The highest BCUT2D eigenvalue weighted by atomic mass is 15.5. The summed E-state index contributed by atoms with van der Waals surface area (Å²) in [4.78, 5) is 4.08. The standard InChI is InChI=1S/C29H20N4/c1-4-10-25-20(7-1)13-18-26-29(25)31-33(30-26)24-16-14-23(15-17-24)32-27-11-5-2-8-21(27)19-22-9-3-6-12-28(22)32/h1-18H,19H2. The molecule has 0 aliphatic carbocycles. The smallest absolute Gasteiger partial charge is 0.121 e. The molecule has 33 heavy (non-hydrogen) atoms. The second-order valence-corrected chi connectivity index (χ2v) is 8.43. The zero-order chi connectivity index (χ0) is 21.8. The highest BCUT2D eigenvalue weighted by Gasteiger charge is 2.23. The quantitative estimate of drug-likeness (QED) is 0.301. The molecule has 0 bridgehead atoms. The van der Waals surface area contributed by atoms with E-state index in [1.807, 2.05) is 18.2 Å². The molecule has 0 atom stereocenters. The van der Waals surface area contributed by atoms with E-state index in [1.54, 1.807) is 4.80 Å². The molecular formula is C29H20N4. The summed E-state index contributed by atoms with van der Waals surface area (Å²) in [6, 6.07) is 38.2. The lowest BCUT2D eigenvalue weighted by Crippen LogP contribution is -2.18. The summed E-state index contributed by atoms with van der Waals surface area (Å²) in [5, 5.41) is 11.9. The third-order valence-electron chi connectivity index (χ3n) is 6.46. The highest BCUT2D eigenvalue weighted by Crippen LogP contribution is 2.43. The fourth-order valence-electron chi connectivity index (χ4n) is 4.87. The molecule has 1 aliphatic heterocycles. The molecule has 0 unspecified atom stereocenters. The van der Waals surface area contributed by atoms with Gasteiger partial charge in [-0.25, -0.2) is 0 Å². The molecule has 1 aliphatic rings. The number of para-hydroxylation sites is 2. The third-order valence-corrected chi connectivity index (χ3v) is 6.46. The van der Waals surface area contributed by atoms with Crippen LogP contribution < -0.4 is 4.90 Å². The minimum absolute atomic E-state index is 0.900. The van der Waals surface area contributed by atoms with Crippen molar-refractivity contribution in [3.05, 3.63) is 120 Å². The minimum Gasteiger partial charge on any atom is -0.310 e. The van der Waals surface area contributed by atoms with Crippen LogP contribution in [0.2, 0.25) is 0 Å². The fourth-order valence-corrected chi connectivity index (χ4v) is 4.87. The predicted octanol–water partition coefficient (Wildman–Crippen LogP) is 6.95. The summed E-state index contributed by atoms with van der Waals surface area (Å²) >= 11 is 0. The van der Waals surface area contributed by atoms with E-state index in [0.717, 1.165) is 34.2 Å². The van der Waals surface area contributed by atoms with Crippen LogP contribution in [-0.2, 0) is 6.42 Å². The first kappa shape index (κ1) is 18.2. The lowest BCUT2D eigenvalue weighted by atomic mass is 9.95. The van der Waals surface area contributed by atoms with E-state index in [4.69, 9.17) is 10.2 Å². The molecule has 1 aromatic heterocycles. The molecule has 0 N–H and O–H groups in total. The van der Waals surface area contributed by atoms with E-state index in [2.05, 4.69) is 95.9 Å². The van der Waals surface area contributed by atoms with Crippen LogP contribution in [0.25, 0.3) is 27.5 Å². The lowest BCUT2D eigenvalue weighted by Gasteiger charge is -2.33. The van der Waals surface area contributed by atoms with Crippen molar-refractivity contribution in [1.29, 1.82) is 0 Å². The maximum absolute atomic E-state index is 4.82. The van der Waals surface area contributed by atoms with E-state index >= 15 is 0 Å².